The van der Waals surface area contributed by atoms with E-state index < -0.39 is 18.2 Å². The van der Waals surface area contributed by atoms with Crippen LogP contribution < -0.4 is 10.5 Å². The molecule has 2 aromatic carbocycles. The van der Waals surface area contributed by atoms with Gasteiger partial charge in [-0.05, 0) is 23.8 Å². The highest BCUT2D eigenvalue weighted by Crippen LogP contribution is 2.34. The number of methoxy groups -OCH3 is 1. The third-order valence-electron chi connectivity index (χ3n) is 3.31. The molecule has 0 amide bonds. The highest BCUT2D eigenvalue weighted by Gasteiger charge is 2.31. The van der Waals surface area contributed by atoms with Crippen molar-refractivity contribution in [3.63, 3.8) is 0 Å². The third kappa shape index (κ3) is 2.97. The molecule has 2 rings (SSSR count). The van der Waals surface area contributed by atoms with Crippen LogP contribution in [-0.4, -0.2) is 25.9 Å². The predicted molar refractivity (Wildman–Crippen MR) is 79.0 cm³/mol. The van der Waals surface area contributed by atoms with Crippen LogP contribution in [0.25, 0.3) is 10.8 Å². The number of carbonyl (C=O) groups excluding carboxylic acids is 1. The van der Waals surface area contributed by atoms with Crippen molar-refractivity contribution in [1.82, 2.24) is 0 Å². The Labute approximate surface area is 122 Å². The Bertz CT molecular complexity index is 644. The standard InChI is InChI=1S/C16H18FNO3/c1-3-21-16(19)14(17)15(18)13-11-7-5-4-6-10(11)8-9-12(13)20-2/h4-9,14-15H,3,18H2,1-2H3/t14?,15-/m1/s1. The highest BCUT2D eigenvalue weighted by atomic mass is 19.1. The summed E-state index contributed by atoms with van der Waals surface area (Å²) in [7, 11) is 1.48. The second-order valence-electron chi connectivity index (χ2n) is 4.58. The SMILES string of the molecule is CCOC(=O)C(F)[C@H](N)c1c(OC)ccc2ccccc12. The summed E-state index contributed by atoms with van der Waals surface area (Å²) in [5.74, 6) is -0.506. The number of carbonyl (C=O) groups is 1. The largest absolute Gasteiger partial charge is 0.496 e. The number of alkyl halides is 1. The molecule has 4 nitrogen and oxygen atoms in total. The van der Waals surface area contributed by atoms with E-state index in [1.165, 1.54) is 7.11 Å². The van der Waals surface area contributed by atoms with Gasteiger partial charge in [0.1, 0.15) is 5.75 Å². The van der Waals surface area contributed by atoms with E-state index >= 15 is 0 Å². The van der Waals surface area contributed by atoms with E-state index in [0.29, 0.717) is 11.3 Å². The van der Waals surface area contributed by atoms with E-state index in [1.54, 1.807) is 13.0 Å². The van der Waals surface area contributed by atoms with Crippen LogP contribution >= 0.6 is 0 Å². The Balaban J connectivity index is 2.50. The summed E-state index contributed by atoms with van der Waals surface area (Å²) in [6.45, 7) is 1.73. The molecular weight excluding hydrogens is 273 g/mol. The fourth-order valence-corrected chi connectivity index (χ4v) is 2.31. The minimum absolute atomic E-state index is 0.110. The number of halogens is 1. The first kappa shape index (κ1) is 15.3. The molecule has 0 spiro atoms. The molecule has 2 aromatic rings. The van der Waals surface area contributed by atoms with Crippen molar-refractivity contribution in [2.75, 3.05) is 13.7 Å². The molecule has 0 bridgehead atoms. The van der Waals surface area contributed by atoms with Crippen LogP contribution in [0.1, 0.15) is 18.5 Å². The topological polar surface area (TPSA) is 61.5 Å². The number of ether oxygens (including phenoxy) is 2. The lowest BCUT2D eigenvalue weighted by molar-refractivity contribution is -0.149. The van der Waals surface area contributed by atoms with E-state index in [-0.39, 0.29) is 6.61 Å². The summed E-state index contributed by atoms with van der Waals surface area (Å²) in [5, 5.41) is 1.66. The quantitative estimate of drug-likeness (QED) is 0.860. The zero-order valence-corrected chi connectivity index (χ0v) is 12.0. The molecule has 21 heavy (non-hydrogen) atoms. The lowest BCUT2D eigenvalue weighted by atomic mass is 9.95. The fourth-order valence-electron chi connectivity index (χ4n) is 2.31. The number of esters is 1. The monoisotopic (exact) mass is 291 g/mol. The summed E-state index contributed by atoms with van der Waals surface area (Å²) in [5.41, 5.74) is 6.43. The van der Waals surface area contributed by atoms with Gasteiger partial charge < -0.3 is 15.2 Å². The molecule has 0 aliphatic heterocycles. The Hall–Kier alpha value is -2.14. The number of hydrogen-bond acceptors (Lipinski definition) is 4. The summed E-state index contributed by atoms with van der Waals surface area (Å²) in [6.07, 6.45) is -1.94. The van der Waals surface area contributed by atoms with Crippen LogP contribution in [0.15, 0.2) is 36.4 Å². The van der Waals surface area contributed by atoms with Crippen LogP contribution in [0, 0.1) is 0 Å². The Morgan fingerprint density at radius 2 is 2.00 bits per heavy atom. The van der Waals surface area contributed by atoms with Crippen molar-refractivity contribution in [2.24, 2.45) is 5.73 Å². The number of nitrogens with two attached hydrogens (primary N) is 1. The Morgan fingerprint density at radius 3 is 2.67 bits per heavy atom. The smallest absolute Gasteiger partial charge is 0.342 e. The molecule has 0 aliphatic rings. The first-order valence-corrected chi connectivity index (χ1v) is 6.72. The van der Waals surface area contributed by atoms with E-state index in [1.807, 2.05) is 30.3 Å². The maximum atomic E-state index is 14.3. The van der Waals surface area contributed by atoms with E-state index in [4.69, 9.17) is 15.2 Å². The van der Waals surface area contributed by atoms with Crippen LogP contribution in [-0.2, 0) is 9.53 Å². The van der Waals surface area contributed by atoms with Gasteiger partial charge in [-0.3, -0.25) is 0 Å². The average molecular weight is 291 g/mol. The average Bonchev–Trinajstić information content (AvgIpc) is 2.52. The van der Waals surface area contributed by atoms with Crippen LogP contribution in [0.3, 0.4) is 0 Å². The minimum atomic E-state index is -1.94. The van der Waals surface area contributed by atoms with Gasteiger partial charge in [0.15, 0.2) is 0 Å². The molecule has 112 valence electrons. The number of benzene rings is 2. The van der Waals surface area contributed by atoms with Gasteiger partial charge in [-0.25, -0.2) is 9.18 Å². The van der Waals surface area contributed by atoms with E-state index in [9.17, 15) is 9.18 Å². The lowest BCUT2D eigenvalue weighted by Gasteiger charge is -2.20. The molecule has 0 saturated carbocycles. The van der Waals surface area contributed by atoms with Crippen LogP contribution in [0.4, 0.5) is 4.39 Å². The molecule has 0 fully saturated rings. The first-order valence-electron chi connectivity index (χ1n) is 6.72. The Kier molecular flexibility index (Phi) is 4.75. The summed E-state index contributed by atoms with van der Waals surface area (Å²) < 4.78 is 24.2. The first-order chi connectivity index (χ1) is 10.1. The molecule has 5 heteroatoms. The van der Waals surface area contributed by atoms with Gasteiger partial charge in [-0.1, -0.05) is 30.3 Å². The molecule has 0 aromatic heterocycles. The van der Waals surface area contributed by atoms with E-state index in [2.05, 4.69) is 0 Å². The second kappa shape index (κ2) is 6.54. The van der Waals surface area contributed by atoms with Crippen molar-refractivity contribution in [1.29, 1.82) is 0 Å². The Morgan fingerprint density at radius 1 is 1.29 bits per heavy atom. The van der Waals surface area contributed by atoms with Crippen molar-refractivity contribution in [3.05, 3.63) is 42.0 Å². The minimum Gasteiger partial charge on any atom is -0.496 e. The van der Waals surface area contributed by atoms with Crippen molar-refractivity contribution >= 4 is 16.7 Å². The van der Waals surface area contributed by atoms with Gasteiger partial charge in [-0.15, -0.1) is 0 Å². The summed E-state index contributed by atoms with van der Waals surface area (Å²) in [6, 6.07) is 9.85. The van der Waals surface area contributed by atoms with Crippen molar-refractivity contribution < 1.29 is 18.7 Å². The summed E-state index contributed by atoms with van der Waals surface area (Å²) >= 11 is 0. The molecule has 0 radical (unpaired) electrons. The molecule has 1 unspecified atom stereocenters. The van der Waals surface area contributed by atoms with Crippen molar-refractivity contribution in [3.8, 4) is 5.75 Å². The predicted octanol–water partition coefficient (Wildman–Crippen LogP) is 2.75. The molecular formula is C16H18FNO3. The highest BCUT2D eigenvalue weighted by molar-refractivity contribution is 5.89. The molecule has 0 aliphatic carbocycles. The lowest BCUT2D eigenvalue weighted by Crippen LogP contribution is -2.32. The number of fused-ring (bicyclic) bond motifs is 1. The van der Waals surface area contributed by atoms with Gasteiger partial charge in [0.05, 0.1) is 19.8 Å². The summed E-state index contributed by atoms with van der Waals surface area (Å²) in [4.78, 5) is 11.6. The number of hydrogen-bond donors (Lipinski definition) is 1. The van der Waals surface area contributed by atoms with Gasteiger partial charge >= 0.3 is 5.97 Å². The normalized spacial score (nSPS) is 13.7. The van der Waals surface area contributed by atoms with Gasteiger partial charge in [0, 0.05) is 5.56 Å². The van der Waals surface area contributed by atoms with E-state index in [0.717, 1.165) is 10.8 Å². The van der Waals surface area contributed by atoms with Crippen LogP contribution in [0.5, 0.6) is 5.75 Å². The van der Waals surface area contributed by atoms with Gasteiger partial charge in [0.25, 0.3) is 0 Å². The third-order valence-corrected chi connectivity index (χ3v) is 3.31. The number of rotatable bonds is 5. The zero-order valence-electron chi connectivity index (χ0n) is 12.0. The molecule has 0 heterocycles. The molecule has 2 atom stereocenters. The van der Waals surface area contributed by atoms with Crippen LogP contribution in [0.2, 0.25) is 0 Å². The van der Waals surface area contributed by atoms with Gasteiger partial charge in [-0.2, -0.15) is 0 Å². The fraction of sp³-hybridized carbons (Fsp3) is 0.312. The maximum Gasteiger partial charge on any atom is 0.342 e. The molecule has 2 N–H and O–H groups in total. The van der Waals surface area contributed by atoms with Gasteiger partial charge in [0.2, 0.25) is 6.17 Å². The maximum absolute atomic E-state index is 14.3. The molecule has 0 saturated heterocycles. The second-order valence-corrected chi connectivity index (χ2v) is 4.58. The zero-order chi connectivity index (χ0) is 15.4. The van der Waals surface area contributed by atoms with Crippen molar-refractivity contribution in [2.45, 2.75) is 19.1 Å².